The molecule has 7 heteroatoms. The van der Waals surface area contributed by atoms with Gasteiger partial charge in [0.05, 0.1) is 11.7 Å². The molecule has 0 radical (unpaired) electrons. The van der Waals surface area contributed by atoms with Gasteiger partial charge in [0.25, 0.3) is 0 Å². The molecule has 1 aromatic carbocycles. The van der Waals surface area contributed by atoms with E-state index in [0.29, 0.717) is 50.0 Å². The molecule has 2 fully saturated rings. The Hall–Kier alpha value is -2.19. The molecule has 1 aliphatic heterocycles. The zero-order valence-corrected chi connectivity index (χ0v) is 27.3. The van der Waals surface area contributed by atoms with Crippen molar-refractivity contribution in [3.05, 3.63) is 65.5 Å². The average molecular weight is 606 g/mol. The molecule has 2 N–H and O–H groups in total. The van der Waals surface area contributed by atoms with Crippen LogP contribution in [0, 0.1) is 5.92 Å². The van der Waals surface area contributed by atoms with E-state index >= 15 is 0 Å². The number of alkyl halides is 1. The molecule has 0 spiro atoms. The van der Waals surface area contributed by atoms with Gasteiger partial charge in [0.1, 0.15) is 11.5 Å². The van der Waals surface area contributed by atoms with Gasteiger partial charge in [-0.1, -0.05) is 36.4 Å². The van der Waals surface area contributed by atoms with Gasteiger partial charge in [0, 0.05) is 50.8 Å². The van der Waals surface area contributed by atoms with Crippen molar-refractivity contribution in [1.82, 2.24) is 19.7 Å². The number of hydrogen-bond donors (Lipinski definition) is 1. The van der Waals surface area contributed by atoms with E-state index in [2.05, 4.69) is 64.2 Å². The van der Waals surface area contributed by atoms with Crippen LogP contribution in [-0.4, -0.2) is 90.0 Å². The third kappa shape index (κ3) is 8.96. The molecule has 6 nitrogen and oxygen atoms in total. The number of fused-ring (bicyclic) bond motifs is 1. The van der Waals surface area contributed by atoms with Crippen molar-refractivity contribution in [2.75, 3.05) is 52.9 Å². The molecular formula is C37H56FN5O. The summed E-state index contributed by atoms with van der Waals surface area (Å²) in [5.74, 6) is 0.556. The van der Waals surface area contributed by atoms with Crippen molar-refractivity contribution in [1.29, 1.82) is 0 Å². The van der Waals surface area contributed by atoms with Gasteiger partial charge in [-0.2, -0.15) is 0 Å². The van der Waals surface area contributed by atoms with Crippen LogP contribution in [0.3, 0.4) is 0 Å². The molecule has 242 valence electrons. The fraction of sp³-hybridized carbons (Fsp3) is 0.676. The number of aromatic nitrogens is 1. The van der Waals surface area contributed by atoms with Gasteiger partial charge in [-0.25, -0.2) is 4.39 Å². The van der Waals surface area contributed by atoms with E-state index in [0.717, 1.165) is 71.5 Å². The first-order valence-corrected chi connectivity index (χ1v) is 17.4. The van der Waals surface area contributed by atoms with Gasteiger partial charge in [0.2, 0.25) is 0 Å². The molecule has 5 rings (SSSR count). The number of pyridine rings is 1. The highest BCUT2D eigenvalue weighted by Gasteiger charge is 2.35. The van der Waals surface area contributed by atoms with E-state index in [1.807, 2.05) is 6.20 Å². The summed E-state index contributed by atoms with van der Waals surface area (Å²) >= 11 is 0. The molecule has 3 aliphatic rings. The Kier molecular flexibility index (Phi) is 12.0. The molecule has 1 saturated carbocycles. The second-order valence-corrected chi connectivity index (χ2v) is 14.1. The van der Waals surface area contributed by atoms with Crippen molar-refractivity contribution in [2.45, 2.75) is 101 Å². The minimum Gasteiger partial charge on any atom is -0.330 e. The highest BCUT2D eigenvalue weighted by atomic mass is 19.1. The van der Waals surface area contributed by atoms with Gasteiger partial charge in [-0.3, -0.25) is 19.6 Å². The van der Waals surface area contributed by atoms with Crippen LogP contribution in [0.5, 0.6) is 0 Å². The maximum atomic E-state index is 14.4. The standard InChI is InChI=1S/C37H56FN5O/c1-37(38)18-15-30(16-19-37)35(44)26-32(29-10-4-3-5-11-29)17-23-42-25-24-41(2)33(27-42)28-43(22-7-6-20-39)34-14-8-12-31-13-9-21-40-36(31)34/h3-5,9-11,13,21,30,32-34H,6-8,12,14-20,22-28,39H2,1-2H3/t30?,32-,33-,34?,37?/m1/s1. The largest absolute Gasteiger partial charge is 0.330 e. The number of aryl methyl sites for hydroxylation is 1. The summed E-state index contributed by atoms with van der Waals surface area (Å²) in [7, 11) is 2.28. The highest BCUT2D eigenvalue weighted by Crippen LogP contribution is 2.37. The van der Waals surface area contributed by atoms with Crippen LogP contribution in [0.4, 0.5) is 4.39 Å². The molecule has 2 aromatic rings. The number of hydrogen-bond acceptors (Lipinski definition) is 6. The molecule has 0 bridgehead atoms. The number of nitrogens with two attached hydrogens (primary N) is 1. The van der Waals surface area contributed by atoms with E-state index in [-0.39, 0.29) is 11.8 Å². The van der Waals surface area contributed by atoms with E-state index in [4.69, 9.17) is 10.7 Å². The maximum Gasteiger partial charge on any atom is 0.136 e. The number of carbonyl (C=O) groups excluding carboxylic acids is 1. The Morgan fingerprint density at radius 3 is 2.68 bits per heavy atom. The van der Waals surface area contributed by atoms with Crippen molar-refractivity contribution in [3.63, 3.8) is 0 Å². The lowest BCUT2D eigenvalue weighted by molar-refractivity contribution is -0.125. The Bertz CT molecular complexity index is 1170. The summed E-state index contributed by atoms with van der Waals surface area (Å²) < 4.78 is 14.4. The summed E-state index contributed by atoms with van der Waals surface area (Å²) in [5, 5.41) is 0. The summed E-state index contributed by atoms with van der Waals surface area (Å²) in [6.07, 6.45) is 11.6. The normalized spacial score (nSPS) is 27.2. The molecular weight excluding hydrogens is 549 g/mol. The van der Waals surface area contributed by atoms with Gasteiger partial charge >= 0.3 is 0 Å². The molecule has 1 aromatic heterocycles. The number of benzene rings is 1. The first kappa shape index (κ1) is 33.2. The van der Waals surface area contributed by atoms with Gasteiger partial charge in [-0.05, 0) is 121 Å². The molecule has 44 heavy (non-hydrogen) atoms. The minimum absolute atomic E-state index is 0.0164. The Balaban J connectivity index is 1.22. The minimum atomic E-state index is -1.11. The number of nitrogens with zero attached hydrogens (tertiary/aromatic N) is 4. The topological polar surface area (TPSA) is 65.7 Å². The number of Topliss-reactive ketones (excluding diaryl/α,β-unsaturated/α-hetero) is 1. The molecule has 2 aliphatic carbocycles. The number of likely N-dealkylation sites (N-methyl/N-ethyl adjacent to an activating group) is 1. The summed E-state index contributed by atoms with van der Waals surface area (Å²) in [6.45, 7) is 8.67. The summed E-state index contributed by atoms with van der Waals surface area (Å²) in [6, 6.07) is 15.8. The smallest absolute Gasteiger partial charge is 0.136 e. The Morgan fingerprint density at radius 1 is 1.11 bits per heavy atom. The number of carbonyl (C=O) groups is 1. The van der Waals surface area contributed by atoms with Crippen molar-refractivity contribution in [2.24, 2.45) is 11.7 Å². The predicted molar refractivity (Wildman–Crippen MR) is 178 cm³/mol. The quantitative estimate of drug-likeness (QED) is 0.260. The average Bonchev–Trinajstić information content (AvgIpc) is 3.04. The Labute approximate surface area is 265 Å². The number of rotatable bonds is 14. The van der Waals surface area contributed by atoms with Crippen molar-refractivity contribution < 1.29 is 9.18 Å². The molecule has 0 amide bonds. The fourth-order valence-electron chi connectivity index (χ4n) is 7.86. The van der Waals surface area contributed by atoms with Crippen LogP contribution in [-0.2, 0) is 11.2 Å². The van der Waals surface area contributed by atoms with Gasteiger partial charge in [0.15, 0.2) is 0 Å². The lowest BCUT2D eigenvalue weighted by atomic mass is 9.76. The van der Waals surface area contributed by atoms with Crippen molar-refractivity contribution in [3.8, 4) is 0 Å². The number of halogens is 1. The van der Waals surface area contributed by atoms with Gasteiger partial charge < -0.3 is 10.6 Å². The van der Waals surface area contributed by atoms with Crippen LogP contribution < -0.4 is 5.73 Å². The van der Waals surface area contributed by atoms with E-state index in [1.165, 1.54) is 29.7 Å². The highest BCUT2D eigenvalue weighted by molar-refractivity contribution is 5.82. The molecule has 3 atom stereocenters. The number of ketones is 1. The Morgan fingerprint density at radius 2 is 1.91 bits per heavy atom. The zero-order chi connectivity index (χ0) is 30.9. The van der Waals surface area contributed by atoms with Gasteiger partial charge in [-0.15, -0.1) is 0 Å². The summed E-state index contributed by atoms with van der Waals surface area (Å²) in [5.41, 5.74) is 8.75. The first-order valence-electron chi connectivity index (χ1n) is 17.4. The second kappa shape index (κ2) is 15.9. The SMILES string of the molecule is CN1CCN(CC[C@H](CC(=O)C2CCC(C)(F)CC2)c2ccccc2)C[C@@H]1CN(CCCCN)C1CCCc2cccnc21. The van der Waals surface area contributed by atoms with Crippen LogP contribution in [0.25, 0.3) is 0 Å². The third-order valence-electron chi connectivity index (χ3n) is 10.8. The van der Waals surface area contributed by atoms with Crippen LogP contribution in [0.2, 0.25) is 0 Å². The monoisotopic (exact) mass is 605 g/mol. The molecule has 2 heterocycles. The maximum absolute atomic E-state index is 14.4. The first-order chi connectivity index (χ1) is 21.3. The van der Waals surface area contributed by atoms with E-state index < -0.39 is 5.67 Å². The third-order valence-corrected chi connectivity index (χ3v) is 10.8. The number of unbranched alkanes of at least 4 members (excludes halogenated alkanes) is 1. The fourth-order valence-corrected chi connectivity index (χ4v) is 7.86. The predicted octanol–water partition coefficient (Wildman–Crippen LogP) is 6.17. The molecule has 1 unspecified atom stereocenters. The number of piperazine rings is 1. The van der Waals surface area contributed by atoms with Crippen LogP contribution in [0.1, 0.15) is 99.9 Å². The molecule has 1 saturated heterocycles. The van der Waals surface area contributed by atoms with Crippen molar-refractivity contribution >= 4 is 5.78 Å². The van der Waals surface area contributed by atoms with E-state index in [1.54, 1.807) is 6.92 Å². The van der Waals surface area contributed by atoms with E-state index in [9.17, 15) is 9.18 Å². The lowest BCUT2D eigenvalue weighted by Crippen LogP contribution is -2.56. The second-order valence-electron chi connectivity index (χ2n) is 14.1. The van der Waals surface area contributed by atoms with Crippen LogP contribution >= 0.6 is 0 Å². The zero-order valence-electron chi connectivity index (χ0n) is 27.3. The van der Waals surface area contributed by atoms with Crippen LogP contribution in [0.15, 0.2) is 48.7 Å². The lowest BCUT2D eigenvalue weighted by Gasteiger charge is -2.44. The summed E-state index contributed by atoms with van der Waals surface area (Å²) in [4.78, 5) is 26.2.